The van der Waals surface area contributed by atoms with Crippen LogP contribution in [0.3, 0.4) is 0 Å². The van der Waals surface area contributed by atoms with E-state index in [0.29, 0.717) is 11.9 Å². The van der Waals surface area contributed by atoms with Gasteiger partial charge in [0.1, 0.15) is 11.7 Å². The highest BCUT2D eigenvalue weighted by atomic mass is 16.5. The van der Waals surface area contributed by atoms with Crippen molar-refractivity contribution in [3.05, 3.63) is 82.3 Å². The average Bonchev–Trinajstić information content (AvgIpc) is 3.15. The zero-order valence-electron chi connectivity index (χ0n) is 16.5. The van der Waals surface area contributed by atoms with Crippen molar-refractivity contribution in [1.29, 1.82) is 0 Å². The van der Waals surface area contributed by atoms with Gasteiger partial charge in [-0.25, -0.2) is 14.8 Å². The van der Waals surface area contributed by atoms with E-state index in [1.165, 1.54) is 10.8 Å². The molecule has 5 rings (SSSR count). The number of hydrogen-bond donors (Lipinski definition) is 0. The summed E-state index contributed by atoms with van der Waals surface area (Å²) in [4.78, 5) is 36.8. The van der Waals surface area contributed by atoms with Gasteiger partial charge in [0.2, 0.25) is 11.9 Å². The number of aromatic nitrogens is 4. The van der Waals surface area contributed by atoms with Gasteiger partial charge in [0.15, 0.2) is 0 Å². The summed E-state index contributed by atoms with van der Waals surface area (Å²) in [5, 5.41) is 0. The zero-order chi connectivity index (χ0) is 20.8. The van der Waals surface area contributed by atoms with Crippen LogP contribution in [-0.4, -0.2) is 38.7 Å². The van der Waals surface area contributed by atoms with Crippen molar-refractivity contribution in [3.63, 3.8) is 0 Å². The monoisotopic (exact) mass is 401 g/mol. The van der Waals surface area contributed by atoms with Crippen LogP contribution in [-0.2, 0) is 4.74 Å². The van der Waals surface area contributed by atoms with Gasteiger partial charge in [-0.1, -0.05) is 42.5 Å². The summed E-state index contributed by atoms with van der Waals surface area (Å²) in [6, 6.07) is 17.4. The van der Waals surface area contributed by atoms with Gasteiger partial charge in [0, 0.05) is 7.05 Å². The van der Waals surface area contributed by atoms with E-state index < -0.39 is 17.7 Å². The smallest absolute Gasteiger partial charge is 0.345 e. The first-order chi connectivity index (χ1) is 14.6. The van der Waals surface area contributed by atoms with Crippen LogP contribution in [0.5, 0.6) is 0 Å². The summed E-state index contributed by atoms with van der Waals surface area (Å²) >= 11 is 0. The number of rotatable bonds is 3. The molecule has 1 unspecified atom stereocenters. The SMILES string of the molecule is CCOC(=O)c1cnc2n(c1=O)C(c1ccccc1)n1c(nc3ccccc31)N2C. The molecule has 0 fully saturated rings. The topological polar surface area (TPSA) is 82.2 Å². The number of anilines is 2. The molecule has 8 nitrogen and oxygen atoms in total. The van der Waals surface area contributed by atoms with Crippen molar-refractivity contribution in [2.24, 2.45) is 0 Å². The lowest BCUT2D eigenvalue weighted by atomic mass is 10.1. The van der Waals surface area contributed by atoms with E-state index in [1.807, 2.05) is 59.2 Å². The molecular weight excluding hydrogens is 382 g/mol. The van der Waals surface area contributed by atoms with Gasteiger partial charge < -0.3 is 4.74 Å². The largest absolute Gasteiger partial charge is 0.462 e. The van der Waals surface area contributed by atoms with Crippen LogP contribution in [0.4, 0.5) is 11.9 Å². The van der Waals surface area contributed by atoms with Crippen LogP contribution in [0.1, 0.15) is 29.0 Å². The fourth-order valence-electron chi connectivity index (χ4n) is 3.92. The Morgan fingerprint density at radius 3 is 2.53 bits per heavy atom. The van der Waals surface area contributed by atoms with E-state index in [-0.39, 0.29) is 12.2 Å². The lowest BCUT2D eigenvalue weighted by molar-refractivity contribution is 0.0522. The van der Waals surface area contributed by atoms with E-state index in [9.17, 15) is 9.59 Å². The predicted molar refractivity (Wildman–Crippen MR) is 112 cm³/mol. The quantitative estimate of drug-likeness (QED) is 0.491. The number of fused-ring (bicyclic) bond motifs is 4. The summed E-state index contributed by atoms with van der Waals surface area (Å²) in [5.74, 6) is 0.395. The third-order valence-electron chi connectivity index (χ3n) is 5.23. The van der Waals surface area contributed by atoms with Crippen LogP contribution >= 0.6 is 0 Å². The number of imidazole rings is 1. The molecule has 0 aliphatic carbocycles. The molecule has 0 radical (unpaired) electrons. The molecule has 1 aliphatic heterocycles. The molecule has 0 amide bonds. The van der Waals surface area contributed by atoms with Crippen molar-refractivity contribution in [2.45, 2.75) is 13.1 Å². The molecule has 3 heterocycles. The van der Waals surface area contributed by atoms with Crippen molar-refractivity contribution >= 4 is 28.9 Å². The Hall–Kier alpha value is -3.94. The normalized spacial score (nSPS) is 15.0. The second kappa shape index (κ2) is 6.84. The Kier molecular flexibility index (Phi) is 4.13. The lowest BCUT2D eigenvalue weighted by Crippen LogP contribution is -2.42. The highest BCUT2D eigenvalue weighted by Gasteiger charge is 2.35. The van der Waals surface area contributed by atoms with Crippen LogP contribution < -0.4 is 10.5 Å². The Bertz CT molecular complexity index is 1330. The first-order valence-corrected chi connectivity index (χ1v) is 9.66. The van der Waals surface area contributed by atoms with Gasteiger partial charge in [0.05, 0.1) is 23.8 Å². The minimum Gasteiger partial charge on any atom is -0.462 e. The second-order valence-corrected chi connectivity index (χ2v) is 6.98. The number of benzene rings is 2. The molecule has 0 saturated heterocycles. The second-order valence-electron chi connectivity index (χ2n) is 6.98. The number of carbonyl (C=O) groups is 1. The van der Waals surface area contributed by atoms with Crippen molar-refractivity contribution < 1.29 is 9.53 Å². The Morgan fingerprint density at radius 1 is 1.03 bits per heavy atom. The minimum atomic E-state index is -0.680. The molecule has 150 valence electrons. The molecule has 0 saturated carbocycles. The number of carbonyl (C=O) groups excluding carboxylic acids is 1. The van der Waals surface area contributed by atoms with Gasteiger partial charge >= 0.3 is 5.97 Å². The Balaban J connectivity index is 1.85. The van der Waals surface area contributed by atoms with E-state index in [1.54, 1.807) is 18.9 Å². The van der Waals surface area contributed by atoms with Gasteiger partial charge in [-0.3, -0.25) is 18.8 Å². The van der Waals surface area contributed by atoms with Crippen molar-refractivity contribution in [3.8, 4) is 0 Å². The maximum absolute atomic E-state index is 13.5. The number of esters is 1. The fraction of sp³-hybridized carbons (Fsp3) is 0.182. The minimum absolute atomic E-state index is 0.0946. The molecule has 2 aromatic heterocycles. The van der Waals surface area contributed by atoms with Gasteiger partial charge in [-0.05, 0) is 24.6 Å². The lowest BCUT2D eigenvalue weighted by Gasteiger charge is -2.35. The number of para-hydroxylation sites is 2. The van der Waals surface area contributed by atoms with Gasteiger partial charge in [-0.15, -0.1) is 0 Å². The first kappa shape index (κ1) is 18.1. The highest BCUT2D eigenvalue weighted by molar-refractivity contribution is 5.89. The van der Waals surface area contributed by atoms with E-state index in [0.717, 1.165) is 16.6 Å². The van der Waals surface area contributed by atoms with Crippen LogP contribution in [0.15, 0.2) is 65.6 Å². The van der Waals surface area contributed by atoms with Crippen molar-refractivity contribution in [2.75, 3.05) is 18.6 Å². The predicted octanol–water partition coefficient (Wildman–Crippen LogP) is 2.95. The van der Waals surface area contributed by atoms with Crippen LogP contribution in [0, 0.1) is 0 Å². The number of nitrogens with zero attached hydrogens (tertiary/aromatic N) is 5. The molecular formula is C22H19N5O3. The number of hydrogen-bond acceptors (Lipinski definition) is 6. The molecule has 0 spiro atoms. The van der Waals surface area contributed by atoms with E-state index >= 15 is 0 Å². The molecule has 4 aromatic rings. The molecule has 0 N–H and O–H groups in total. The van der Waals surface area contributed by atoms with Crippen LogP contribution in [0.25, 0.3) is 11.0 Å². The van der Waals surface area contributed by atoms with Crippen LogP contribution in [0.2, 0.25) is 0 Å². The molecule has 2 aromatic carbocycles. The van der Waals surface area contributed by atoms with Crippen molar-refractivity contribution in [1.82, 2.24) is 19.1 Å². The third-order valence-corrected chi connectivity index (χ3v) is 5.23. The summed E-state index contributed by atoms with van der Waals surface area (Å²) in [7, 11) is 1.81. The molecule has 0 bridgehead atoms. The van der Waals surface area contributed by atoms with E-state index in [4.69, 9.17) is 9.72 Å². The maximum Gasteiger partial charge on any atom is 0.345 e. The third kappa shape index (κ3) is 2.53. The highest BCUT2D eigenvalue weighted by Crippen LogP contribution is 2.38. The standard InChI is InChI=1S/C22H19N5O3/c1-3-30-20(29)15-13-23-21-25(2)22-24-16-11-7-8-12-17(16)26(22)18(27(21)19(15)28)14-9-5-4-6-10-14/h4-13,18H,3H2,1-2H3. The summed E-state index contributed by atoms with van der Waals surface area (Å²) in [6.45, 7) is 1.88. The maximum atomic E-state index is 13.5. The fourth-order valence-corrected chi connectivity index (χ4v) is 3.92. The molecule has 1 aliphatic rings. The van der Waals surface area contributed by atoms with Gasteiger partial charge in [0.25, 0.3) is 5.56 Å². The summed E-state index contributed by atoms with van der Waals surface area (Å²) in [5.41, 5.74) is 2.02. The first-order valence-electron chi connectivity index (χ1n) is 9.66. The molecule has 8 heteroatoms. The Labute approximate surface area is 172 Å². The Morgan fingerprint density at radius 2 is 1.77 bits per heavy atom. The molecule has 1 atom stereocenters. The molecule has 30 heavy (non-hydrogen) atoms. The van der Waals surface area contributed by atoms with E-state index in [2.05, 4.69) is 4.98 Å². The number of ether oxygens (including phenoxy) is 1. The van der Waals surface area contributed by atoms with Gasteiger partial charge in [-0.2, -0.15) is 0 Å². The summed E-state index contributed by atoms with van der Waals surface area (Å²) < 4.78 is 8.59. The average molecular weight is 401 g/mol. The summed E-state index contributed by atoms with van der Waals surface area (Å²) in [6.07, 6.45) is 0.734. The zero-order valence-corrected chi connectivity index (χ0v) is 16.5.